The van der Waals surface area contributed by atoms with E-state index in [0.717, 1.165) is 12.1 Å². The Morgan fingerprint density at radius 2 is 1.83 bits per heavy atom. The van der Waals surface area contributed by atoms with Crippen LogP contribution < -0.4 is 10.5 Å². The van der Waals surface area contributed by atoms with Gasteiger partial charge in [0.05, 0.1) is 12.5 Å². The van der Waals surface area contributed by atoms with Crippen LogP contribution in [0.3, 0.4) is 0 Å². The molecule has 0 spiro atoms. The van der Waals surface area contributed by atoms with Gasteiger partial charge in [0.25, 0.3) is 0 Å². The molecule has 1 atom stereocenters. The van der Waals surface area contributed by atoms with Gasteiger partial charge in [-0.25, -0.2) is 0 Å². The molecule has 0 heterocycles. The lowest BCUT2D eigenvalue weighted by molar-refractivity contribution is -0.253. The Morgan fingerprint density at radius 1 is 1.26 bits per heavy atom. The van der Waals surface area contributed by atoms with Gasteiger partial charge >= 0.3 is 18.5 Å². The summed E-state index contributed by atoms with van der Waals surface area (Å²) in [5.74, 6) is -1.07. The summed E-state index contributed by atoms with van der Waals surface area (Å²) in [6, 6.07) is 4.08. The molecule has 1 aromatic carbocycles. The predicted molar refractivity (Wildman–Crippen MR) is 78.0 cm³/mol. The van der Waals surface area contributed by atoms with Crippen molar-refractivity contribution in [3.63, 3.8) is 0 Å². The summed E-state index contributed by atoms with van der Waals surface area (Å²) in [5.41, 5.74) is 5.09. The van der Waals surface area contributed by atoms with Crippen LogP contribution in [-0.4, -0.2) is 25.6 Å². The molecule has 23 heavy (non-hydrogen) atoms. The molecule has 1 aromatic rings. The molecule has 0 aliphatic carbocycles. The maximum Gasteiger partial charge on any atom is 0.461 e. The second-order valence-corrected chi connectivity index (χ2v) is 5.23. The SMILES string of the molecule is COC(=O)C(C)(C)[C@H](N)c1cccc(OC(F)(F)C(F)F)c1.Cl. The average Bonchev–Trinajstić information content (AvgIpc) is 2.45. The van der Waals surface area contributed by atoms with Crippen LogP contribution >= 0.6 is 12.4 Å². The number of carbonyl (C=O) groups excluding carboxylic acids is 1. The molecule has 132 valence electrons. The van der Waals surface area contributed by atoms with Gasteiger partial charge in [0.1, 0.15) is 5.75 Å². The van der Waals surface area contributed by atoms with Crippen molar-refractivity contribution in [1.29, 1.82) is 0 Å². The minimum Gasteiger partial charge on any atom is -0.469 e. The molecule has 0 aliphatic rings. The molecule has 9 heteroatoms. The van der Waals surface area contributed by atoms with E-state index in [0.29, 0.717) is 0 Å². The normalized spacial score (nSPS) is 13.3. The highest BCUT2D eigenvalue weighted by molar-refractivity contribution is 5.85. The van der Waals surface area contributed by atoms with Gasteiger partial charge in [-0.1, -0.05) is 12.1 Å². The molecule has 0 fully saturated rings. The first-order valence-electron chi connectivity index (χ1n) is 6.31. The van der Waals surface area contributed by atoms with Crippen LogP contribution in [0.1, 0.15) is 25.5 Å². The van der Waals surface area contributed by atoms with Crippen molar-refractivity contribution in [2.75, 3.05) is 7.11 Å². The highest BCUT2D eigenvalue weighted by Crippen LogP contribution is 2.35. The monoisotopic (exact) mass is 359 g/mol. The third-order valence-electron chi connectivity index (χ3n) is 3.21. The third kappa shape index (κ3) is 4.97. The van der Waals surface area contributed by atoms with Gasteiger partial charge in [-0.05, 0) is 31.5 Å². The Kier molecular flexibility index (Phi) is 7.30. The number of nitrogens with two attached hydrogens (primary N) is 1. The van der Waals surface area contributed by atoms with Crippen molar-refractivity contribution in [3.8, 4) is 5.75 Å². The third-order valence-corrected chi connectivity index (χ3v) is 3.21. The molecule has 0 aliphatic heterocycles. The van der Waals surface area contributed by atoms with Crippen LogP contribution in [0.5, 0.6) is 5.75 Å². The molecule has 0 aromatic heterocycles. The number of alkyl halides is 4. The van der Waals surface area contributed by atoms with E-state index in [4.69, 9.17) is 5.73 Å². The minimum atomic E-state index is -4.61. The van der Waals surface area contributed by atoms with Crippen LogP contribution in [-0.2, 0) is 9.53 Å². The maximum absolute atomic E-state index is 12.9. The molecule has 0 amide bonds. The zero-order chi connectivity index (χ0) is 17.1. The van der Waals surface area contributed by atoms with E-state index in [9.17, 15) is 22.4 Å². The van der Waals surface area contributed by atoms with Crippen LogP contribution in [0.25, 0.3) is 0 Å². The fraction of sp³-hybridized carbons (Fsp3) is 0.500. The van der Waals surface area contributed by atoms with Gasteiger partial charge in [-0.15, -0.1) is 12.4 Å². The number of halogens is 5. The number of rotatable bonds is 6. The number of esters is 1. The Balaban J connectivity index is 0.00000484. The second-order valence-electron chi connectivity index (χ2n) is 5.23. The van der Waals surface area contributed by atoms with E-state index in [1.165, 1.54) is 33.1 Å². The molecule has 0 saturated carbocycles. The standard InChI is InChI=1S/C14H17F4NO3.ClH/c1-13(2,12(20)21-3)10(19)8-5-4-6-9(7-8)22-14(17,18)11(15)16;/h4-7,10-11H,19H2,1-3H3;1H/t10-;/m1./s1. The molecule has 4 nitrogen and oxygen atoms in total. The van der Waals surface area contributed by atoms with Gasteiger partial charge < -0.3 is 15.2 Å². The Labute approximate surface area is 137 Å². The van der Waals surface area contributed by atoms with Gasteiger partial charge in [0, 0.05) is 6.04 Å². The quantitative estimate of drug-likeness (QED) is 0.623. The number of benzene rings is 1. The lowest BCUT2D eigenvalue weighted by Crippen LogP contribution is -2.37. The molecule has 0 saturated heterocycles. The van der Waals surface area contributed by atoms with Gasteiger partial charge in [-0.3, -0.25) is 4.79 Å². The van der Waals surface area contributed by atoms with Crippen molar-refractivity contribution in [3.05, 3.63) is 29.8 Å². The zero-order valence-electron chi connectivity index (χ0n) is 12.7. The summed E-state index contributed by atoms with van der Waals surface area (Å²) in [4.78, 5) is 11.7. The Bertz CT molecular complexity index is 541. The van der Waals surface area contributed by atoms with Crippen molar-refractivity contribution in [2.45, 2.75) is 32.4 Å². The molecular weight excluding hydrogens is 342 g/mol. The fourth-order valence-corrected chi connectivity index (χ4v) is 1.78. The Hall–Kier alpha value is -1.54. The molecule has 0 unspecified atom stereocenters. The molecule has 0 bridgehead atoms. The predicted octanol–water partition coefficient (Wildman–Crippen LogP) is 3.54. The van der Waals surface area contributed by atoms with E-state index in [-0.39, 0.29) is 18.0 Å². The lowest BCUT2D eigenvalue weighted by Gasteiger charge is -2.29. The first-order chi connectivity index (χ1) is 10.0. The van der Waals surface area contributed by atoms with Crippen molar-refractivity contribution in [2.24, 2.45) is 11.1 Å². The molecule has 1 rings (SSSR count). The van der Waals surface area contributed by atoms with Crippen LogP contribution in [0.15, 0.2) is 24.3 Å². The summed E-state index contributed by atoms with van der Waals surface area (Å²) in [7, 11) is 1.19. The zero-order valence-corrected chi connectivity index (χ0v) is 13.5. The van der Waals surface area contributed by atoms with Gasteiger partial charge in [-0.2, -0.15) is 17.6 Å². The average molecular weight is 360 g/mol. The first-order valence-corrected chi connectivity index (χ1v) is 6.31. The highest BCUT2D eigenvalue weighted by Gasteiger charge is 2.44. The highest BCUT2D eigenvalue weighted by atomic mass is 35.5. The smallest absolute Gasteiger partial charge is 0.461 e. The topological polar surface area (TPSA) is 61.5 Å². The Morgan fingerprint density at radius 3 is 2.30 bits per heavy atom. The van der Waals surface area contributed by atoms with Gasteiger partial charge in [0.2, 0.25) is 0 Å². The van der Waals surface area contributed by atoms with E-state index >= 15 is 0 Å². The first kappa shape index (κ1) is 21.5. The number of hydrogen-bond acceptors (Lipinski definition) is 4. The summed E-state index contributed by atoms with van der Waals surface area (Å²) in [6.45, 7) is 3.04. The molecule has 2 N–H and O–H groups in total. The maximum atomic E-state index is 12.9. The van der Waals surface area contributed by atoms with E-state index < -0.39 is 35.7 Å². The summed E-state index contributed by atoms with van der Waals surface area (Å²) < 4.78 is 58.7. The molecular formula is C14H18ClF4NO3. The number of hydrogen-bond donors (Lipinski definition) is 1. The second kappa shape index (κ2) is 7.83. The fourth-order valence-electron chi connectivity index (χ4n) is 1.78. The van der Waals surface area contributed by atoms with E-state index in [1.54, 1.807) is 0 Å². The summed E-state index contributed by atoms with van der Waals surface area (Å²) in [5, 5.41) is 0. The van der Waals surface area contributed by atoms with Crippen LogP contribution in [0.2, 0.25) is 0 Å². The number of carbonyl (C=O) groups is 1. The summed E-state index contributed by atoms with van der Waals surface area (Å²) >= 11 is 0. The van der Waals surface area contributed by atoms with Crippen molar-refractivity contribution >= 4 is 18.4 Å². The van der Waals surface area contributed by atoms with Crippen molar-refractivity contribution in [1.82, 2.24) is 0 Å². The summed E-state index contributed by atoms with van der Waals surface area (Å²) in [6.07, 6.45) is -8.57. The lowest BCUT2D eigenvalue weighted by atomic mass is 9.81. The number of ether oxygens (including phenoxy) is 2. The van der Waals surface area contributed by atoms with Gasteiger partial charge in [0.15, 0.2) is 0 Å². The minimum absolute atomic E-state index is 0. The van der Waals surface area contributed by atoms with Crippen molar-refractivity contribution < 1.29 is 31.8 Å². The van der Waals surface area contributed by atoms with E-state index in [2.05, 4.69) is 9.47 Å². The van der Waals surface area contributed by atoms with Crippen LogP contribution in [0, 0.1) is 5.41 Å². The van der Waals surface area contributed by atoms with E-state index in [1.807, 2.05) is 0 Å². The molecule has 0 radical (unpaired) electrons. The largest absolute Gasteiger partial charge is 0.469 e. The number of methoxy groups -OCH3 is 1. The van der Waals surface area contributed by atoms with Crippen LogP contribution in [0.4, 0.5) is 17.6 Å².